The maximum Gasteiger partial charge on any atom is 0.293 e. The van der Waals surface area contributed by atoms with Gasteiger partial charge in [0.15, 0.2) is 0 Å². The van der Waals surface area contributed by atoms with Gasteiger partial charge in [-0.05, 0) is 12.1 Å². The molecule has 5 heteroatoms. The van der Waals surface area contributed by atoms with Crippen LogP contribution in [0.2, 0.25) is 0 Å². The lowest BCUT2D eigenvalue weighted by Gasteiger charge is -1.99. The Bertz CT molecular complexity index is 357. The molecule has 0 radical (unpaired) electrons. The zero-order chi connectivity index (χ0) is 9.68. The normalized spacial score (nSPS) is 8.92. The van der Waals surface area contributed by atoms with Crippen molar-refractivity contribution in [1.82, 2.24) is 10.5 Å². The van der Waals surface area contributed by atoms with Gasteiger partial charge in [-0.1, -0.05) is 6.07 Å². The largest absolute Gasteiger partial charge is 0.293 e. The molecule has 5 nitrogen and oxygen atoms in total. The second-order valence-corrected chi connectivity index (χ2v) is 2.16. The SMILES string of the molecule is CONC(=O)c1cccc(C#N)n1. The Morgan fingerprint density at radius 3 is 3.08 bits per heavy atom. The van der Waals surface area contributed by atoms with Crippen molar-refractivity contribution in [1.29, 1.82) is 5.26 Å². The maximum absolute atomic E-state index is 11.1. The average molecular weight is 177 g/mol. The molecular formula is C8H7N3O2. The van der Waals surface area contributed by atoms with E-state index in [1.807, 2.05) is 6.07 Å². The Kier molecular flexibility index (Phi) is 2.95. The summed E-state index contributed by atoms with van der Waals surface area (Å²) in [5.74, 6) is -0.473. The molecule has 1 aromatic heterocycles. The lowest BCUT2D eigenvalue weighted by atomic mass is 10.3. The second-order valence-electron chi connectivity index (χ2n) is 2.16. The summed E-state index contributed by atoms with van der Waals surface area (Å²) in [5, 5.41) is 8.50. The molecule has 0 aliphatic carbocycles. The van der Waals surface area contributed by atoms with E-state index >= 15 is 0 Å². The highest BCUT2D eigenvalue weighted by atomic mass is 16.6. The predicted octanol–water partition coefficient (Wildman–Crippen LogP) is 0.244. The minimum Gasteiger partial charge on any atom is -0.277 e. The number of hydrogen-bond donors (Lipinski definition) is 1. The van der Waals surface area contributed by atoms with E-state index in [4.69, 9.17) is 5.26 Å². The number of carbonyl (C=O) groups is 1. The summed E-state index contributed by atoms with van der Waals surface area (Å²) < 4.78 is 0. The highest BCUT2D eigenvalue weighted by Crippen LogP contribution is 1.97. The molecule has 0 aliphatic heterocycles. The van der Waals surface area contributed by atoms with Crippen molar-refractivity contribution >= 4 is 5.91 Å². The van der Waals surface area contributed by atoms with Crippen LogP contribution in [-0.2, 0) is 4.84 Å². The molecule has 0 saturated heterocycles. The van der Waals surface area contributed by atoms with E-state index in [2.05, 4.69) is 15.3 Å². The lowest BCUT2D eigenvalue weighted by molar-refractivity contribution is 0.0532. The lowest BCUT2D eigenvalue weighted by Crippen LogP contribution is -2.22. The summed E-state index contributed by atoms with van der Waals surface area (Å²) in [5.41, 5.74) is 2.45. The molecule has 1 aromatic rings. The van der Waals surface area contributed by atoms with Crippen LogP contribution in [0.4, 0.5) is 0 Å². The van der Waals surface area contributed by atoms with Crippen molar-refractivity contribution in [2.45, 2.75) is 0 Å². The summed E-state index contributed by atoms with van der Waals surface area (Å²) >= 11 is 0. The number of rotatable bonds is 2. The summed E-state index contributed by atoms with van der Waals surface area (Å²) in [6.07, 6.45) is 0. The van der Waals surface area contributed by atoms with Crippen LogP contribution in [0.25, 0.3) is 0 Å². The Hall–Kier alpha value is -1.93. The fraction of sp³-hybridized carbons (Fsp3) is 0.125. The fourth-order valence-electron chi connectivity index (χ4n) is 0.768. The molecule has 66 valence electrons. The molecule has 0 spiro atoms. The number of nitrogens with zero attached hydrogens (tertiary/aromatic N) is 2. The van der Waals surface area contributed by atoms with Crippen LogP contribution in [0.1, 0.15) is 16.2 Å². The molecule has 0 aromatic carbocycles. The number of nitrogens with one attached hydrogen (secondary N) is 1. The van der Waals surface area contributed by atoms with Gasteiger partial charge >= 0.3 is 0 Å². The third kappa shape index (κ3) is 2.25. The Balaban J connectivity index is 2.90. The van der Waals surface area contributed by atoms with Gasteiger partial charge in [-0.3, -0.25) is 9.63 Å². The smallest absolute Gasteiger partial charge is 0.277 e. The van der Waals surface area contributed by atoms with Gasteiger partial charge in [-0.2, -0.15) is 5.26 Å². The van der Waals surface area contributed by atoms with E-state index in [1.54, 1.807) is 6.07 Å². The molecule has 1 N–H and O–H groups in total. The van der Waals surface area contributed by atoms with E-state index in [1.165, 1.54) is 19.2 Å². The number of aromatic nitrogens is 1. The van der Waals surface area contributed by atoms with Gasteiger partial charge < -0.3 is 0 Å². The number of pyridine rings is 1. The topological polar surface area (TPSA) is 75.0 Å². The van der Waals surface area contributed by atoms with Crippen LogP contribution in [0.5, 0.6) is 0 Å². The van der Waals surface area contributed by atoms with Crippen LogP contribution in [0.3, 0.4) is 0 Å². The first kappa shape index (κ1) is 9.16. The highest BCUT2D eigenvalue weighted by Gasteiger charge is 2.06. The molecular weight excluding hydrogens is 170 g/mol. The summed E-state index contributed by atoms with van der Waals surface area (Å²) in [6, 6.07) is 6.42. The van der Waals surface area contributed by atoms with Crippen molar-refractivity contribution in [3.8, 4) is 6.07 Å². The summed E-state index contributed by atoms with van der Waals surface area (Å²) in [6.45, 7) is 0. The van der Waals surface area contributed by atoms with E-state index in [0.717, 1.165) is 0 Å². The first-order valence-electron chi connectivity index (χ1n) is 3.48. The van der Waals surface area contributed by atoms with E-state index in [0.29, 0.717) is 0 Å². The molecule has 1 heterocycles. The Labute approximate surface area is 74.9 Å². The third-order valence-corrected chi connectivity index (χ3v) is 1.29. The second kappa shape index (κ2) is 4.18. The van der Waals surface area contributed by atoms with Crippen LogP contribution in [-0.4, -0.2) is 18.0 Å². The number of hydroxylamine groups is 1. The first-order valence-corrected chi connectivity index (χ1v) is 3.48. The van der Waals surface area contributed by atoms with Crippen LogP contribution >= 0.6 is 0 Å². The molecule has 0 unspecified atom stereocenters. The van der Waals surface area contributed by atoms with Gasteiger partial charge in [0.25, 0.3) is 5.91 Å². The number of amides is 1. The van der Waals surface area contributed by atoms with Gasteiger partial charge in [0.05, 0.1) is 7.11 Å². The minimum absolute atomic E-state index is 0.154. The quantitative estimate of drug-likeness (QED) is 0.657. The number of carbonyl (C=O) groups excluding carboxylic acids is 1. The van der Waals surface area contributed by atoms with Crippen LogP contribution < -0.4 is 5.48 Å². The molecule has 13 heavy (non-hydrogen) atoms. The summed E-state index contributed by atoms with van der Waals surface area (Å²) in [7, 11) is 1.33. The van der Waals surface area contributed by atoms with E-state index < -0.39 is 5.91 Å². The van der Waals surface area contributed by atoms with Crippen LogP contribution in [0.15, 0.2) is 18.2 Å². The standard InChI is InChI=1S/C8H7N3O2/c1-13-11-8(12)7-4-2-3-6(5-9)10-7/h2-4H,1H3,(H,11,12). The molecule has 0 atom stereocenters. The minimum atomic E-state index is -0.473. The number of nitriles is 1. The van der Waals surface area contributed by atoms with Gasteiger partial charge in [-0.15, -0.1) is 0 Å². The van der Waals surface area contributed by atoms with Crippen molar-refractivity contribution < 1.29 is 9.63 Å². The zero-order valence-electron chi connectivity index (χ0n) is 6.94. The van der Waals surface area contributed by atoms with E-state index in [-0.39, 0.29) is 11.4 Å². The van der Waals surface area contributed by atoms with Gasteiger partial charge in [0.1, 0.15) is 17.5 Å². The molecule has 0 bridgehead atoms. The van der Waals surface area contributed by atoms with E-state index in [9.17, 15) is 4.79 Å². The van der Waals surface area contributed by atoms with Crippen molar-refractivity contribution in [2.24, 2.45) is 0 Å². The number of hydrogen-bond acceptors (Lipinski definition) is 4. The van der Waals surface area contributed by atoms with Gasteiger partial charge in [0, 0.05) is 0 Å². The van der Waals surface area contributed by atoms with Crippen molar-refractivity contribution in [3.63, 3.8) is 0 Å². The summed E-state index contributed by atoms with van der Waals surface area (Å²) in [4.78, 5) is 19.3. The predicted molar refractivity (Wildman–Crippen MR) is 43.4 cm³/mol. The highest BCUT2D eigenvalue weighted by molar-refractivity contribution is 5.91. The molecule has 1 amide bonds. The van der Waals surface area contributed by atoms with Crippen LogP contribution in [0, 0.1) is 11.3 Å². The van der Waals surface area contributed by atoms with Gasteiger partial charge in [0.2, 0.25) is 0 Å². The van der Waals surface area contributed by atoms with Crippen molar-refractivity contribution in [2.75, 3.05) is 7.11 Å². The molecule has 0 fully saturated rings. The maximum atomic E-state index is 11.1. The van der Waals surface area contributed by atoms with Gasteiger partial charge in [-0.25, -0.2) is 10.5 Å². The zero-order valence-corrected chi connectivity index (χ0v) is 6.94. The Morgan fingerprint density at radius 2 is 2.46 bits per heavy atom. The van der Waals surface area contributed by atoms with Crippen molar-refractivity contribution in [3.05, 3.63) is 29.6 Å². The molecule has 0 aliphatic rings. The first-order chi connectivity index (χ1) is 6.27. The molecule has 1 rings (SSSR count). The fourth-order valence-corrected chi connectivity index (χ4v) is 0.768. The average Bonchev–Trinajstić information content (AvgIpc) is 2.18. The Morgan fingerprint density at radius 1 is 1.69 bits per heavy atom. The third-order valence-electron chi connectivity index (χ3n) is 1.29. The molecule has 0 saturated carbocycles. The monoisotopic (exact) mass is 177 g/mol.